The fourth-order valence-corrected chi connectivity index (χ4v) is 2.45. The van der Waals surface area contributed by atoms with Crippen LogP contribution in [-0.4, -0.2) is 36.7 Å². The Bertz CT molecular complexity index is 734. The number of phenols is 1. The van der Waals surface area contributed by atoms with Crippen molar-refractivity contribution in [2.45, 2.75) is 20.0 Å². The van der Waals surface area contributed by atoms with Crippen molar-refractivity contribution in [2.75, 3.05) is 20.7 Å². The fraction of sp³-hybridized carbons (Fsp3) is 0.316. The highest BCUT2D eigenvalue weighted by Gasteiger charge is 2.08. The number of nitrogens with zero attached hydrogens (tertiary/aromatic N) is 2. The van der Waals surface area contributed by atoms with Crippen molar-refractivity contribution < 1.29 is 14.2 Å². The van der Waals surface area contributed by atoms with Gasteiger partial charge in [-0.3, -0.25) is 0 Å². The maximum absolute atomic E-state index is 13.3. The van der Waals surface area contributed by atoms with E-state index in [0.29, 0.717) is 24.8 Å². The van der Waals surface area contributed by atoms with E-state index in [9.17, 15) is 9.50 Å². The molecule has 6 heteroatoms. The van der Waals surface area contributed by atoms with Crippen molar-refractivity contribution in [3.05, 3.63) is 59.4 Å². The summed E-state index contributed by atoms with van der Waals surface area (Å²) in [5.74, 6) is 0.986. The van der Waals surface area contributed by atoms with Gasteiger partial charge in [-0.2, -0.15) is 0 Å². The molecule has 0 atom stereocenters. The summed E-state index contributed by atoms with van der Waals surface area (Å²) in [5, 5.41) is 13.1. The van der Waals surface area contributed by atoms with Crippen LogP contribution in [0.3, 0.4) is 0 Å². The second-order valence-electron chi connectivity index (χ2n) is 5.66. The van der Waals surface area contributed by atoms with E-state index in [2.05, 4.69) is 10.3 Å². The van der Waals surface area contributed by atoms with E-state index < -0.39 is 0 Å². The molecule has 0 aliphatic heterocycles. The highest BCUT2D eigenvalue weighted by molar-refractivity contribution is 5.79. The summed E-state index contributed by atoms with van der Waals surface area (Å²) in [6.45, 7) is 3.66. The number of halogens is 1. The van der Waals surface area contributed by atoms with Gasteiger partial charge < -0.3 is 20.1 Å². The SMILES string of the molecule is CCNC(=NCc1ccc(OC)c(O)c1)N(C)Cc1cccc(F)c1. The maximum Gasteiger partial charge on any atom is 0.194 e. The van der Waals surface area contributed by atoms with Gasteiger partial charge in [0.15, 0.2) is 17.5 Å². The van der Waals surface area contributed by atoms with Crippen LogP contribution in [0.4, 0.5) is 4.39 Å². The molecule has 2 N–H and O–H groups in total. The summed E-state index contributed by atoms with van der Waals surface area (Å²) >= 11 is 0. The number of nitrogens with one attached hydrogen (secondary N) is 1. The molecule has 25 heavy (non-hydrogen) atoms. The van der Waals surface area contributed by atoms with Crippen LogP contribution in [0, 0.1) is 5.82 Å². The minimum absolute atomic E-state index is 0.0910. The van der Waals surface area contributed by atoms with Crippen LogP contribution in [0.2, 0.25) is 0 Å². The molecule has 0 aliphatic rings. The highest BCUT2D eigenvalue weighted by Crippen LogP contribution is 2.26. The smallest absolute Gasteiger partial charge is 0.194 e. The van der Waals surface area contributed by atoms with E-state index in [1.54, 1.807) is 18.2 Å². The number of hydrogen-bond donors (Lipinski definition) is 2. The molecule has 0 aliphatic carbocycles. The zero-order valence-corrected chi connectivity index (χ0v) is 14.8. The highest BCUT2D eigenvalue weighted by atomic mass is 19.1. The predicted molar refractivity (Wildman–Crippen MR) is 97.3 cm³/mol. The molecule has 0 unspecified atom stereocenters. The Hall–Kier alpha value is -2.76. The first-order valence-electron chi connectivity index (χ1n) is 8.13. The number of ether oxygens (including phenoxy) is 1. The minimum Gasteiger partial charge on any atom is -0.504 e. The van der Waals surface area contributed by atoms with Gasteiger partial charge in [-0.25, -0.2) is 9.38 Å². The van der Waals surface area contributed by atoms with E-state index in [0.717, 1.165) is 17.7 Å². The molecule has 0 saturated carbocycles. The number of hydrogen-bond acceptors (Lipinski definition) is 3. The number of benzene rings is 2. The molecule has 2 rings (SSSR count). The van der Waals surface area contributed by atoms with Gasteiger partial charge in [-0.15, -0.1) is 0 Å². The Kier molecular flexibility index (Phi) is 6.62. The van der Waals surface area contributed by atoms with E-state index in [1.165, 1.54) is 19.2 Å². The fourth-order valence-electron chi connectivity index (χ4n) is 2.45. The van der Waals surface area contributed by atoms with Crippen molar-refractivity contribution in [1.82, 2.24) is 10.2 Å². The molecule has 0 aromatic heterocycles. The maximum atomic E-state index is 13.3. The van der Waals surface area contributed by atoms with E-state index in [-0.39, 0.29) is 11.6 Å². The lowest BCUT2D eigenvalue weighted by Gasteiger charge is -2.22. The first-order chi connectivity index (χ1) is 12.0. The Morgan fingerprint density at radius 2 is 2.04 bits per heavy atom. The van der Waals surface area contributed by atoms with Crippen LogP contribution < -0.4 is 10.1 Å². The summed E-state index contributed by atoms with van der Waals surface area (Å²) in [7, 11) is 3.41. The van der Waals surface area contributed by atoms with Gasteiger partial charge in [-0.1, -0.05) is 18.2 Å². The molecular formula is C19H24FN3O2. The normalized spacial score (nSPS) is 11.3. The van der Waals surface area contributed by atoms with Gasteiger partial charge in [0, 0.05) is 20.1 Å². The van der Waals surface area contributed by atoms with Gasteiger partial charge in [0.2, 0.25) is 0 Å². The number of rotatable bonds is 6. The predicted octanol–water partition coefficient (Wildman–Crippen LogP) is 3.14. The van der Waals surface area contributed by atoms with E-state index in [4.69, 9.17) is 4.74 Å². The first-order valence-corrected chi connectivity index (χ1v) is 8.13. The Balaban J connectivity index is 2.10. The third kappa shape index (κ3) is 5.38. The van der Waals surface area contributed by atoms with E-state index in [1.807, 2.05) is 31.0 Å². The first kappa shape index (κ1) is 18.6. The van der Waals surface area contributed by atoms with E-state index >= 15 is 0 Å². The standard InChI is InChI=1S/C19H24FN3O2/c1-4-21-19(23(2)13-15-6-5-7-16(20)10-15)22-12-14-8-9-18(25-3)17(24)11-14/h5-11,24H,4,12-13H2,1-3H3,(H,21,22). The summed E-state index contributed by atoms with van der Waals surface area (Å²) in [6.07, 6.45) is 0. The zero-order valence-electron chi connectivity index (χ0n) is 14.8. The largest absolute Gasteiger partial charge is 0.504 e. The molecular weight excluding hydrogens is 321 g/mol. The van der Waals surface area contributed by atoms with Gasteiger partial charge in [-0.05, 0) is 42.3 Å². The number of aromatic hydroxyl groups is 1. The average molecular weight is 345 g/mol. The molecule has 134 valence electrons. The molecule has 0 saturated heterocycles. The van der Waals surface area contributed by atoms with Crippen molar-refractivity contribution in [2.24, 2.45) is 4.99 Å². The summed E-state index contributed by atoms with van der Waals surface area (Å²) < 4.78 is 18.4. The van der Waals surface area contributed by atoms with Crippen molar-refractivity contribution in [3.63, 3.8) is 0 Å². The molecule has 2 aromatic rings. The second kappa shape index (κ2) is 8.92. The van der Waals surface area contributed by atoms with Crippen LogP contribution in [-0.2, 0) is 13.1 Å². The number of aliphatic imine (C=N–C) groups is 1. The molecule has 0 fully saturated rings. The number of phenolic OH excluding ortho intramolecular Hbond substituents is 1. The Morgan fingerprint density at radius 1 is 1.24 bits per heavy atom. The van der Waals surface area contributed by atoms with Gasteiger partial charge in [0.25, 0.3) is 0 Å². The lowest BCUT2D eigenvalue weighted by molar-refractivity contribution is 0.373. The Labute approximate surface area is 147 Å². The Morgan fingerprint density at radius 3 is 2.68 bits per heavy atom. The van der Waals surface area contributed by atoms with Crippen molar-refractivity contribution >= 4 is 5.96 Å². The van der Waals surface area contributed by atoms with Gasteiger partial charge >= 0.3 is 0 Å². The number of guanidine groups is 1. The van der Waals surface area contributed by atoms with Crippen LogP contribution in [0.1, 0.15) is 18.1 Å². The van der Waals surface area contributed by atoms with Crippen molar-refractivity contribution in [3.8, 4) is 11.5 Å². The minimum atomic E-state index is -0.249. The molecule has 0 spiro atoms. The van der Waals surface area contributed by atoms with Crippen LogP contribution in [0.25, 0.3) is 0 Å². The second-order valence-corrected chi connectivity index (χ2v) is 5.66. The quantitative estimate of drug-likeness (QED) is 0.624. The monoisotopic (exact) mass is 345 g/mol. The van der Waals surface area contributed by atoms with Crippen LogP contribution in [0.15, 0.2) is 47.5 Å². The summed E-state index contributed by atoms with van der Waals surface area (Å²) in [5.41, 5.74) is 1.74. The molecule has 0 radical (unpaired) electrons. The van der Waals surface area contributed by atoms with Gasteiger partial charge in [0.05, 0.1) is 13.7 Å². The molecule has 0 amide bonds. The third-order valence-electron chi connectivity index (χ3n) is 3.66. The topological polar surface area (TPSA) is 57.1 Å². The van der Waals surface area contributed by atoms with Crippen molar-refractivity contribution in [1.29, 1.82) is 0 Å². The summed E-state index contributed by atoms with van der Waals surface area (Å²) in [6, 6.07) is 11.7. The summed E-state index contributed by atoms with van der Waals surface area (Å²) in [4.78, 5) is 6.52. The molecule has 5 nitrogen and oxygen atoms in total. The third-order valence-corrected chi connectivity index (χ3v) is 3.66. The van der Waals surface area contributed by atoms with Crippen LogP contribution >= 0.6 is 0 Å². The molecule has 2 aromatic carbocycles. The average Bonchev–Trinajstić information content (AvgIpc) is 2.58. The zero-order chi connectivity index (χ0) is 18.2. The number of methoxy groups -OCH3 is 1. The lowest BCUT2D eigenvalue weighted by atomic mass is 10.2. The lowest BCUT2D eigenvalue weighted by Crippen LogP contribution is -2.38. The van der Waals surface area contributed by atoms with Gasteiger partial charge in [0.1, 0.15) is 5.82 Å². The molecule has 0 heterocycles. The molecule has 0 bridgehead atoms. The van der Waals surface area contributed by atoms with Crippen LogP contribution in [0.5, 0.6) is 11.5 Å².